The second kappa shape index (κ2) is 6.78. The van der Waals surface area contributed by atoms with Crippen molar-refractivity contribution in [1.29, 1.82) is 0 Å². The Hall–Kier alpha value is -2.51. The highest BCUT2D eigenvalue weighted by Gasteiger charge is 2.36. The van der Waals surface area contributed by atoms with Gasteiger partial charge in [0.25, 0.3) is 0 Å². The monoisotopic (exact) mass is 353 g/mol. The van der Waals surface area contributed by atoms with Crippen molar-refractivity contribution >= 4 is 11.7 Å². The first kappa shape index (κ1) is 17.3. The summed E-state index contributed by atoms with van der Waals surface area (Å²) in [6.07, 6.45) is -2.38. The Morgan fingerprint density at radius 1 is 1.40 bits per heavy atom. The number of rotatable bonds is 3. The number of anilines is 1. The number of nitrogens with zero attached hydrogens (tertiary/aromatic N) is 2. The fourth-order valence-corrected chi connectivity index (χ4v) is 2.98. The third-order valence-corrected chi connectivity index (χ3v) is 4.26. The first-order valence-corrected chi connectivity index (χ1v) is 8.09. The Morgan fingerprint density at radius 3 is 2.84 bits per heavy atom. The molecule has 1 aliphatic heterocycles. The van der Waals surface area contributed by atoms with E-state index < -0.39 is 17.8 Å². The fraction of sp³-hybridized carbons (Fsp3) is 0.412. The number of nitrogens with one attached hydrogen (secondary N) is 1. The van der Waals surface area contributed by atoms with E-state index in [2.05, 4.69) is 10.5 Å². The minimum absolute atomic E-state index is 0.252. The van der Waals surface area contributed by atoms with Crippen LogP contribution in [0.5, 0.6) is 0 Å². The normalized spacial score (nSPS) is 17.8. The average molecular weight is 353 g/mol. The first-order valence-electron chi connectivity index (χ1n) is 8.09. The summed E-state index contributed by atoms with van der Waals surface area (Å²) in [6.45, 7) is 2.39. The van der Waals surface area contributed by atoms with Crippen molar-refractivity contribution in [2.75, 3.05) is 11.9 Å². The summed E-state index contributed by atoms with van der Waals surface area (Å²) in [5.74, 6) is 0.564. The highest BCUT2D eigenvalue weighted by Crippen LogP contribution is 2.36. The van der Waals surface area contributed by atoms with Gasteiger partial charge in [0.2, 0.25) is 0 Å². The Morgan fingerprint density at radius 2 is 2.16 bits per heavy atom. The number of amides is 2. The summed E-state index contributed by atoms with van der Waals surface area (Å²) in [5.41, 5.74) is -0.339. The predicted octanol–water partition coefficient (Wildman–Crippen LogP) is 4.62. The number of hydrogen-bond acceptors (Lipinski definition) is 3. The molecule has 5 nitrogen and oxygen atoms in total. The van der Waals surface area contributed by atoms with E-state index in [1.807, 2.05) is 6.92 Å². The molecule has 2 heterocycles. The van der Waals surface area contributed by atoms with Crippen molar-refractivity contribution in [3.05, 3.63) is 47.3 Å². The average Bonchev–Trinajstić information content (AvgIpc) is 3.23. The highest BCUT2D eigenvalue weighted by atomic mass is 19.4. The van der Waals surface area contributed by atoms with Crippen molar-refractivity contribution in [2.45, 2.75) is 38.4 Å². The maximum Gasteiger partial charge on any atom is 0.418 e. The summed E-state index contributed by atoms with van der Waals surface area (Å²) in [7, 11) is 0. The third-order valence-electron chi connectivity index (χ3n) is 4.26. The molecule has 0 saturated carbocycles. The van der Waals surface area contributed by atoms with Crippen LogP contribution < -0.4 is 5.32 Å². The molecule has 1 aromatic carbocycles. The minimum atomic E-state index is -4.53. The van der Waals surface area contributed by atoms with Gasteiger partial charge in [0.05, 0.1) is 23.0 Å². The molecule has 8 heteroatoms. The number of aromatic nitrogens is 1. The lowest BCUT2D eigenvalue weighted by atomic mass is 10.1. The van der Waals surface area contributed by atoms with Crippen molar-refractivity contribution in [2.24, 2.45) is 0 Å². The summed E-state index contributed by atoms with van der Waals surface area (Å²) >= 11 is 0. The molecule has 1 fully saturated rings. The van der Waals surface area contributed by atoms with Crippen molar-refractivity contribution in [1.82, 2.24) is 10.1 Å². The van der Waals surface area contributed by atoms with Crippen LogP contribution in [0.25, 0.3) is 0 Å². The highest BCUT2D eigenvalue weighted by molar-refractivity contribution is 5.90. The van der Waals surface area contributed by atoms with Gasteiger partial charge in [0.1, 0.15) is 0 Å². The summed E-state index contributed by atoms with van der Waals surface area (Å²) < 4.78 is 44.5. The van der Waals surface area contributed by atoms with Crippen LogP contribution in [0.2, 0.25) is 0 Å². The van der Waals surface area contributed by atoms with Crippen molar-refractivity contribution in [3.8, 4) is 0 Å². The lowest BCUT2D eigenvalue weighted by molar-refractivity contribution is -0.136. The van der Waals surface area contributed by atoms with Crippen LogP contribution in [0.15, 0.2) is 34.9 Å². The first-order chi connectivity index (χ1) is 11.9. The molecule has 0 radical (unpaired) electrons. The van der Waals surface area contributed by atoms with Crippen LogP contribution in [0.4, 0.5) is 23.7 Å². The Kier molecular flexibility index (Phi) is 4.69. The van der Waals surface area contributed by atoms with Crippen LogP contribution in [-0.4, -0.2) is 22.6 Å². The quantitative estimate of drug-likeness (QED) is 0.876. The molecule has 134 valence electrons. The van der Waals surface area contributed by atoms with Gasteiger partial charge in [-0.3, -0.25) is 0 Å². The van der Waals surface area contributed by atoms with Crippen LogP contribution in [0, 0.1) is 0 Å². The lowest BCUT2D eigenvalue weighted by Gasteiger charge is -2.24. The molecule has 1 aromatic heterocycles. The zero-order valence-corrected chi connectivity index (χ0v) is 13.6. The number of hydrogen-bond donors (Lipinski definition) is 1. The van der Waals surface area contributed by atoms with Crippen LogP contribution in [0.3, 0.4) is 0 Å². The topological polar surface area (TPSA) is 58.4 Å². The smallest absolute Gasteiger partial charge is 0.359 e. The van der Waals surface area contributed by atoms with E-state index in [4.69, 9.17) is 4.52 Å². The number of alkyl halides is 3. The molecule has 0 unspecified atom stereocenters. The zero-order chi connectivity index (χ0) is 18.0. The molecule has 1 atom stereocenters. The number of halogens is 3. The van der Waals surface area contributed by atoms with Crippen LogP contribution in [0.1, 0.15) is 42.8 Å². The van der Waals surface area contributed by atoms with E-state index in [0.717, 1.165) is 18.2 Å². The van der Waals surface area contributed by atoms with Gasteiger partial charge in [-0.1, -0.05) is 24.2 Å². The molecule has 3 rings (SSSR count). The Labute approximate surface area is 142 Å². The number of carbonyl (C=O) groups excluding carboxylic acids is 1. The number of likely N-dealkylation sites (tertiary alicyclic amines) is 1. The molecule has 0 spiro atoms. The number of urea groups is 1. The van der Waals surface area contributed by atoms with Gasteiger partial charge in [0, 0.05) is 12.6 Å². The van der Waals surface area contributed by atoms with Gasteiger partial charge in [-0.05, 0) is 31.4 Å². The molecule has 0 aliphatic carbocycles. The Bertz CT molecular complexity index is 758. The van der Waals surface area contributed by atoms with E-state index in [1.165, 1.54) is 23.1 Å². The number of aryl methyl sites for hydroxylation is 1. The third kappa shape index (κ3) is 3.62. The van der Waals surface area contributed by atoms with Gasteiger partial charge >= 0.3 is 12.2 Å². The lowest BCUT2D eigenvalue weighted by Crippen LogP contribution is -2.34. The molecular formula is C17H18F3N3O2. The molecule has 0 bridgehead atoms. The number of para-hydroxylation sites is 1. The molecule has 2 aromatic rings. The van der Waals surface area contributed by atoms with Gasteiger partial charge in [-0.2, -0.15) is 13.2 Å². The second-order valence-electron chi connectivity index (χ2n) is 5.90. The van der Waals surface area contributed by atoms with E-state index >= 15 is 0 Å². The largest absolute Gasteiger partial charge is 0.418 e. The summed E-state index contributed by atoms with van der Waals surface area (Å²) in [6, 6.07) is 5.84. The van der Waals surface area contributed by atoms with Gasteiger partial charge < -0.3 is 14.7 Å². The molecule has 1 N–H and O–H groups in total. The van der Waals surface area contributed by atoms with E-state index in [1.54, 1.807) is 6.07 Å². The second-order valence-corrected chi connectivity index (χ2v) is 5.90. The maximum atomic E-state index is 13.1. The van der Waals surface area contributed by atoms with Crippen molar-refractivity contribution < 1.29 is 22.5 Å². The van der Waals surface area contributed by atoms with E-state index in [0.29, 0.717) is 25.1 Å². The van der Waals surface area contributed by atoms with E-state index in [9.17, 15) is 18.0 Å². The molecule has 1 saturated heterocycles. The zero-order valence-electron chi connectivity index (χ0n) is 13.6. The fourth-order valence-electron chi connectivity index (χ4n) is 2.98. The van der Waals surface area contributed by atoms with E-state index in [-0.39, 0.29) is 11.7 Å². The summed E-state index contributed by atoms with van der Waals surface area (Å²) in [5, 5.41) is 6.31. The van der Waals surface area contributed by atoms with Gasteiger partial charge in [-0.15, -0.1) is 0 Å². The maximum absolute atomic E-state index is 13.1. The molecule has 25 heavy (non-hydrogen) atoms. The number of benzene rings is 1. The van der Waals surface area contributed by atoms with Crippen molar-refractivity contribution in [3.63, 3.8) is 0 Å². The van der Waals surface area contributed by atoms with Crippen LogP contribution >= 0.6 is 0 Å². The summed E-state index contributed by atoms with van der Waals surface area (Å²) in [4.78, 5) is 14.0. The molecule has 1 aliphatic rings. The number of carbonyl (C=O) groups is 1. The molecule has 2 amide bonds. The SMILES string of the molecule is CCc1cc([C@H]2CCCN2C(=O)Nc2ccccc2C(F)(F)F)on1. The predicted molar refractivity (Wildman–Crippen MR) is 85.0 cm³/mol. The van der Waals surface area contributed by atoms with Crippen LogP contribution in [-0.2, 0) is 12.6 Å². The standard InChI is InChI=1S/C17H18F3N3O2/c1-2-11-10-15(25-22-11)14-8-5-9-23(14)16(24)21-13-7-4-3-6-12(13)17(18,19)20/h3-4,6-7,10,14H,2,5,8-9H2,1H3,(H,21,24)/t14-/m1/s1. The minimum Gasteiger partial charge on any atom is -0.359 e. The Balaban J connectivity index is 1.79. The van der Waals surface area contributed by atoms with Gasteiger partial charge in [-0.25, -0.2) is 4.79 Å². The molecular weight excluding hydrogens is 335 g/mol. The van der Waals surface area contributed by atoms with Gasteiger partial charge in [0.15, 0.2) is 5.76 Å².